The summed E-state index contributed by atoms with van der Waals surface area (Å²) in [6.45, 7) is 2.82. The van der Waals surface area contributed by atoms with E-state index in [9.17, 15) is 4.79 Å². The summed E-state index contributed by atoms with van der Waals surface area (Å²) in [5.41, 5.74) is 2.55. The van der Waals surface area contributed by atoms with Crippen LogP contribution in [0.5, 0.6) is 0 Å². The van der Waals surface area contributed by atoms with Crippen molar-refractivity contribution in [3.05, 3.63) is 36.0 Å². The number of para-hydroxylation sites is 1. The third-order valence-corrected chi connectivity index (χ3v) is 3.45. The number of aromatic nitrogens is 1. The van der Waals surface area contributed by atoms with Crippen LogP contribution in [0.25, 0.3) is 10.9 Å². The molecule has 0 bridgehead atoms. The van der Waals surface area contributed by atoms with Gasteiger partial charge in [0.25, 0.3) is 0 Å². The molecule has 0 unspecified atom stereocenters. The summed E-state index contributed by atoms with van der Waals surface area (Å²) in [5, 5.41) is 4.28. The zero-order valence-electron chi connectivity index (χ0n) is 11.8. The Hall–Kier alpha value is -1.77. The van der Waals surface area contributed by atoms with E-state index in [-0.39, 0.29) is 5.91 Å². The average Bonchev–Trinajstić information content (AvgIpc) is 2.74. The molecule has 0 fully saturated rings. The van der Waals surface area contributed by atoms with E-state index in [1.165, 1.54) is 16.5 Å². The lowest BCUT2D eigenvalue weighted by atomic mass is 10.1. The number of hydrogen-bond donors (Lipinski definition) is 1. The molecule has 0 aliphatic rings. The standard InChI is InChI=1S/C16H22N2O/c1-3-4-9-16(19)17-11-10-13-12-18(2)15-8-6-5-7-14(13)15/h5-8,12H,3-4,9-11H2,1-2H3,(H,17,19). The molecule has 1 amide bonds. The Bertz CT molecular complexity index is 557. The smallest absolute Gasteiger partial charge is 0.220 e. The maximum Gasteiger partial charge on any atom is 0.220 e. The molecule has 1 heterocycles. The van der Waals surface area contributed by atoms with Crippen molar-refractivity contribution >= 4 is 16.8 Å². The summed E-state index contributed by atoms with van der Waals surface area (Å²) >= 11 is 0. The molecule has 0 radical (unpaired) electrons. The van der Waals surface area contributed by atoms with Crippen LogP contribution in [0, 0.1) is 0 Å². The van der Waals surface area contributed by atoms with Crippen LogP contribution in [0.2, 0.25) is 0 Å². The molecule has 0 saturated heterocycles. The highest BCUT2D eigenvalue weighted by molar-refractivity contribution is 5.84. The van der Waals surface area contributed by atoms with E-state index in [0.717, 1.165) is 25.8 Å². The normalized spacial score (nSPS) is 10.8. The fourth-order valence-electron chi connectivity index (χ4n) is 2.39. The minimum Gasteiger partial charge on any atom is -0.356 e. The van der Waals surface area contributed by atoms with Crippen molar-refractivity contribution in [1.82, 2.24) is 9.88 Å². The van der Waals surface area contributed by atoms with Crippen molar-refractivity contribution in [2.75, 3.05) is 6.54 Å². The van der Waals surface area contributed by atoms with Crippen LogP contribution < -0.4 is 5.32 Å². The first kappa shape index (κ1) is 13.7. The molecule has 3 heteroatoms. The molecule has 3 nitrogen and oxygen atoms in total. The van der Waals surface area contributed by atoms with E-state index < -0.39 is 0 Å². The van der Waals surface area contributed by atoms with Gasteiger partial charge >= 0.3 is 0 Å². The monoisotopic (exact) mass is 258 g/mol. The second-order valence-electron chi connectivity index (χ2n) is 4.99. The van der Waals surface area contributed by atoms with Gasteiger partial charge in [0.15, 0.2) is 0 Å². The van der Waals surface area contributed by atoms with Crippen LogP contribution in [0.1, 0.15) is 31.7 Å². The number of unbranched alkanes of at least 4 members (excludes halogenated alkanes) is 1. The molecule has 2 aromatic rings. The predicted octanol–water partition coefficient (Wildman–Crippen LogP) is 3.03. The highest BCUT2D eigenvalue weighted by atomic mass is 16.1. The van der Waals surface area contributed by atoms with Gasteiger partial charge in [-0.05, 0) is 24.5 Å². The van der Waals surface area contributed by atoms with E-state index in [1.54, 1.807) is 0 Å². The average molecular weight is 258 g/mol. The quantitative estimate of drug-likeness (QED) is 0.849. The zero-order valence-corrected chi connectivity index (χ0v) is 11.8. The molecular weight excluding hydrogens is 236 g/mol. The zero-order chi connectivity index (χ0) is 13.7. The highest BCUT2D eigenvalue weighted by Crippen LogP contribution is 2.20. The van der Waals surface area contributed by atoms with Crippen LogP contribution in [0.15, 0.2) is 30.5 Å². The molecule has 2 rings (SSSR count). The van der Waals surface area contributed by atoms with Gasteiger partial charge in [0.1, 0.15) is 0 Å². The summed E-state index contributed by atoms with van der Waals surface area (Å²) in [6.07, 6.45) is 5.73. The Labute approximate surface area is 114 Å². The number of rotatable bonds is 6. The molecule has 0 aliphatic heterocycles. The number of benzene rings is 1. The molecule has 102 valence electrons. The Balaban J connectivity index is 1.93. The van der Waals surface area contributed by atoms with Crippen molar-refractivity contribution in [3.63, 3.8) is 0 Å². The van der Waals surface area contributed by atoms with Gasteiger partial charge in [-0.15, -0.1) is 0 Å². The second-order valence-corrected chi connectivity index (χ2v) is 4.99. The van der Waals surface area contributed by atoms with E-state index in [4.69, 9.17) is 0 Å². The van der Waals surface area contributed by atoms with Gasteiger partial charge in [0, 0.05) is 37.1 Å². The number of aryl methyl sites for hydroxylation is 1. The lowest BCUT2D eigenvalue weighted by Crippen LogP contribution is -2.25. The highest BCUT2D eigenvalue weighted by Gasteiger charge is 2.06. The Morgan fingerprint density at radius 3 is 2.89 bits per heavy atom. The molecule has 1 N–H and O–H groups in total. The first-order valence-corrected chi connectivity index (χ1v) is 7.02. The van der Waals surface area contributed by atoms with Gasteiger partial charge in [-0.3, -0.25) is 4.79 Å². The SMILES string of the molecule is CCCCC(=O)NCCc1cn(C)c2ccccc12. The maximum atomic E-state index is 11.5. The van der Waals surface area contributed by atoms with Crippen molar-refractivity contribution < 1.29 is 4.79 Å². The Morgan fingerprint density at radius 2 is 2.11 bits per heavy atom. The lowest BCUT2D eigenvalue weighted by molar-refractivity contribution is -0.121. The van der Waals surface area contributed by atoms with Gasteiger partial charge in [0.2, 0.25) is 5.91 Å². The first-order valence-electron chi connectivity index (χ1n) is 7.02. The van der Waals surface area contributed by atoms with Gasteiger partial charge in [0.05, 0.1) is 0 Å². The van der Waals surface area contributed by atoms with Crippen LogP contribution in [-0.2, 0) is 18.3 Å². The van der Waals surface area contributed by atoms with Crippen molar-refractivity contribution in [2.45, 2.75) is 32.6 Å². The Morgan fingerprint density at radius 1 is 1.32 bits per heavy atom. The molecule has 0 atom stereocenters. The van der Waals surface area contributed by atoms with Gasteiger partial charge in [-0.1, -0.05) is 31.5 Å². The van der Waals surface area contributed by atoms with Crippen LogP contribution in [0.4, 0.5) is 0 Å². The molecular formula is C16H22N2O. The molecule has 1 aromatic carbocycles. The topological polar surface area (TPSA) is 34.0 Å². The second kappa shape index (κ2) is 6.41. The minimum atomic E-state index is 0.169. The number of fused-ring (bicyclic) bond motifs is 1. The third-order valence-electron chi connectivity index (χ3n) is 3.45. The predicted molar refractivity (Wildman–Crippen MR) is 79.2 cm³/mol. The Kier molecular flexibility index (Phi) is 4.61. The van der Waals surface area contributed by atoms with Crippen molar-refractivity contribution in [1.29, 1.82) is 0 Å². The van der Waals surface area contributed by atoms with E-state index >= 15 is 0 Å². The largest absolute Gasteiger partial charge is 0.356 e. The molecule has 0 aliphatic carbocycles. The summed E-state index contributed by atoms with van der Waals surface area (Å²) in [6, 6.07) is 8.38. The van der Waals surface area contributed by atoms with E-state index in [0.29, 0.717) is 6.42 Å². The van der Waals surface area contributed by atoms with Crippen molar-refractivity contribution in [3.8, 4) is 0 Å². The number of nitrogens with one attached hydrogen (secondary N) is 1. The summed E-state index contributed by atoms with van der Waals surface area (Å²) < 4.78 is 2.14. The molecule has 0 spiro atoms. The summed E-state index contributed by atoms with van der Waals surface area (Å²) in [5.74, 6) is 0.169. The van der Waals surface area contributed by atoms with Crippen LogP contribution in [-0.4, -0.2) is 17.0 Å². The maximum absolute atomic E-state index is 11.5. The summed E-state index contributed by atoms with van der Waals surface area (Å²) in [4.78, 5) is 11.5. The number of carbonyl (C=O) groups excluding carboxylic acids is 1. The van der Waals surface area contributed by atoms with Gasteiger partial charge in [-0.25, -0.2) is 0 Å². The minimum absolute atomic E-state index is 0.169. The number of amides is 1. The van der Waals surface area contributed by atoms with Gasteiger partial charge in [-0.2, -0.15) is 0 Å². The fraction of sp³-hybridized carbons (Fsp3) is 0.438. The van der Waals surface area contributed by atoms with E-state index in [2.05, 4.69) is 54.3 Å². The molecule has 19 heavy (non-hydrogen) atoms. The van der Waals surface area contributed by atoms with Crippen LogP contribution in [0.3, 0.4) is 0 Å². The summed E-state index contributed by atoms with van der Waals surface area (Å²) in [7, 11) is 2.06. The third kappa shape index (κ3) is 3.37. The van der Waals surface area contributed by atoms with Crippen molar-refractivity contribution in [2.24, 2.45) is 7.05 Å². The van der Waals surface area contributed by atoms with Crippen LogP contribution >= 0.6 is 0 Å². The first-order chi connectivity index (χ1) is 9.22. The number of carbonyl (C=O) groups is 1. The van der Waals surface area contributed by atoms with E-state index in [1.807, 2.05) is 0 Å². The number of nitrogens with zero attached hydrogens (tertiary/aromatic N) is 1. The fourth-order valence-corrected chi connectivity index (χ4v) is 2.39. The molecule has 0 saturated carbocycles. The number of hydrogen-bond acceptors (Lipinski definition) is 1. The lowest BCUT2D eigenvalue weighted by Gasteiger charge is -2.04. The molecule has 1 aromatic heterocycles. The van der Waals surface area contributed by atoms with Gasteiger partial charge < -0.3 is 9.88 Å².